The Morgan fingerprint density at radius 2 is 1.92 bits per heavy atom. The average Bonchev–Trinajstić information content (AvgIpc) is 2.78. The predicted octanol–water partition coefficient (Wildman–Crippen LogP) is 0.922. The van der Waals surface area contributed by atoms with Crippen molar-refractivity contribution < 1.29 is 27.4 Å². The Labute approximate surface area is 159 Å². The first kappa shape index (κ1) is 22.9. The van der Waals surface area contributed by atoms with E-state index >= 15 is 0 Å². The molecule has 0 radical (unpaired) electrons. The Balaban J connectivity index is 2.57. The second-order valence-corrected chi connectivity index (χ2v) is 10.2. The molecule has 2 N–H and O–H groups in total. The van der Waals surface area contributed by atoms with Crippen LogP contribution in [0.3, 0.4) is 0 Å². The molecule has 2 atom stereocenters. The largest absolute Gasteiger partial charge is 0.353 e. The van der Waals surface area contributed by atoms with E-state index in [9.17, 15) is 27.4 Å². The minimum atomic E-state index is -4.53. The maximum absolute atomic E-state index is 12.2. The van der Waals surface area contributed by atoms with E-state index in [1.807, 2.05) is 27.7 Å². The third kappa shape index (κ3) is 6.55. The number of amides is 3. The lowest BCUT2D eigenvalue weighted by atomic mass is 9.94. The van der Waals surface area contributed by atoms with Crippen molar-refractivity contribution in [2.24, 2.45) is 11.8 Å². The Bertz CT molecular complexity index is 633. The molecule has 1 saturated heterocycles. The lowest BCUT2D eigenvalue weighted by Crippen LogP contribution is -2.44. The van der Waals surface area contributed by atoms with Crippen molar-refractivity contribution in [1.82, 2.24) is 10.2 Å². The van der Waals surface area contributed by atoms with Gasteiger partial charge in [0, 0.05) is 25.4 Å². The highest BCUT2D eigenvalue weighted by Crippen LogP contribution is 2.25. The van der Waals surface area contributed by atoms with E-state index in [1.165, 1.54) is 11.8 Å². The first-order valence-corrected chi connectivity index (χ1v) is 11.2. The molecule has 3 amide bonds. The van der Waals surface area contributed by atoms with E-state index in [0.29, 0.717) is 5.75 Å². The van der Waals surface area contributed by atoms with Crippen LogP contribution in [0.5, 0.6) is 0 Å². The molecule has 0 aromatic rings. The number of likely N-dealkylation sites (tertiary alicyclic amines) is 1. The van der Waals surface area contributed by atoms with E-state index < -0.39 is 21.3 Å². The number of thioether (sulfide) groups is 1. The molecule has 0 aromatic carbocycles. The molecule has 1 fully saturated rings. The molecule has 0 aromatic heterocycles. The van der Waals surface area contributed by atoms with Gasteiger partial charge in [-0.25, -0.2) is 0 Å². The van der Waals surface area contributed by atoms with Crippen molar-refractivity contribution in [3.63, 3.8) is 0 Å². The van der Waals surface area contributed by atoms with Gasteiger partial charge in [-0.2, -0.15) is 20.2 Å². The summed E-state index contributed by atoms with van der Waals surface area (Å²) in [4.78, 5) is 37.3. The summed E-state index contributed by atoms with van der Waals surface area (Å²) in [5.41, 5.74) is 0. The molecule has 10 heteroatoms. The van der Waals surface area contributed by atoms with Crippen molar-refractivity contribution in [3.8, 4) is 0 Å². The Kier molecular flexibility index (Phi) is 8.55. The Morgan fingerprint density at radius 3 is 2.38 bits per heavy atom. The maximum atomic E-state index is 12.2. The summed E-state index contributed by atoms with van der Waals surface area (Å²) >= 11 is 1.49. The third-order valence-electron chi connectivity index (χ3n) is 4.20. The quantitative estimate of drug-likeness (QED) is 0.407. The minimum absolute atomic E-state index is 0.00837. The van der Waals surface area contributed by atoms with E-state index in [2.05, 4.69) is 5.32 Å². The van der Waals surface area contributed by atoms with E-state index in [1.54, 1.807) is 0 Å². The highest BCUT2D eigenvalue weighted by atomic mass is 32.2. The van der Waals surface area contributed by atoms with Crippen LogP contribution in [0.1, 0.15) is 40.5 Å². The van der Waals surface area contributed by atoms with Gasteiger partial charge in [0.25, 0.3) is 10.1 Å². The number of nitrogens with one attached hydrogen (secondary N) is 1. The van der Waals surface area contributed by atoms with Crippen LogP contribution in [0.25, 0.3) is 0 Å². The molecule has 1 aliphatic rings. The smallest absolute Gasteiger partial charge is 0.276 e. The van der Waals surface area contributed by atoms with Crippen LogP contribution in [0, 0.1) is 11.8 Å². The SMILES string of the molecule is CC(C)SCCC(C(=O)NCCN1C(=O)CC(C(C)C)C1=O)S(=O)(=O)O. The summed E-state index contributed by atoms with van der Waals surface area (Å²) in [6.07, 6.45) is 0.148. The number of carbonyl (C=O) groups is 3. The van der Waals surface area contributed by atoms with Gasteiger partial charge in [0.2, 0.25) is 17.7 Å². The second-order valence-electron chi connectivity index (χ2n) is 6.94. The van der Waals surface area contributed by atoms with Crippen LogP contribution in [0.2, 0.25) is 0 Å². The first-order chi connectivity index (χ1) is 11.9. The molecular weight excluding hydrogens is 380 g/mol. The zero-order chi connectivity index (χ0) is 20.1. The van der Waals surface area contributed by atoms with Gasteiger partial charge in [0.15, 0.2) is 5.25 Å². The topological polar surface area (TPSA) is 121 Å². The van der Waals surface area contributed by atoms with E-state index in [-0.39, 0.29) is 54.8 Å². The molecule has 2 unspecified atom stereocenters. The van der Waals surface area contributed by atoms with Crippen molar-refractivity contribution in [3.05, 3.63) is 0 Å². The van der Waals surface area contributed by atoms with Crippen LogP contribution in [-0.2, 0) is 24.5 Å². The number of nitrogens with zero attached hydrogens (tertiary/aromatic N) is 1. The van der Waals surface area contributed by atoms with Gasteiger partial charge in [0.05, 0.1) is 0 Å². The fourth-order valence-corrected chi connectivity index (χ4v) is 4.46. The summed E-state index contributed by atoms with van der Waals surface area (Å²) in [6.45, 7) is 7.57. The van der Waals surface area contributed by atoms with Gasteiger partial charge in [0.1, 0.15) is 0 Å². The van der Waals surface area contributed by atoms with Crippen molar-refractivity contribution in [2.45, 2.75) is 51.0 Å². The highest BCUT2D eigenvalue weighted by molar-refractivity contribution is 7.99. The number of carbonyl (C=O) groups excluding carboxylic acids is 3. The van der Waals surface area contributed by atoms with Gasteiger partial charge in [-0.3, -0.25) is 23.8 Å². The average molecular weight is 409 g/mol. The standard InChI is InChI=1S/C16H28N2O6S2/c1-10(2)12-9-14(19)18(16(12)21)7-6-17-15(20)13(26(22,23)24)5-8-25-11(3)4/h10-13H,5-9H2,1-4H3,(H,17,20)(H,22,23,24). The van der Waals surface area contributed by atoms with Crippen LogP contribution < -0.4 is 5.32 Å². The predicted molar refractivity (Wildman–Crippen MR) is 100 cm³/mol. The lowest BCUT2D eigenvalue weighted by Gasteiger charge is -2.18. The van der Waals surface area contributed by atoms with Gasteiger partial charge in [-0.05, 0) is 23.3 Å². The van der Waals surface area contributed by atoms with Gasteiger partial charge in [-0.15, -0.1) is 0 Å². The van der Waals surface area contributed by atoms with Gasteiger partial charge >= 0.3 is 0 Å². The molecule has 0 spiro atoms. The number of hydrogen-bond acceptors (Lipinski definition) is 6. The Hall–Kier alpha value is -1.13. The molecule has 0 saturated carbocycles. The first-order valence-electron chi connectivity index (χ1n) is 8.65. The highest BCUT2D eigenvalue weighted by Gasteiger charge is 2.39. The minimum Gasteiger partial charge on any atom is -0.353 e. The zero-order valence-corrected chi connectivity index (χ0v) is 17.2. The van der Waals surface area contributed by atoms with Crippen molar-refractivity contribution in [1.29, 1.82) is 0 Å². The third-order valence-corrected chi connectivity index (χ3v) is 6.51. The molecule has 1 aliphatic heterocycles. The van der Waals surface area contributed by atoms with E-state index in [0.717, 1.165) is 4.90 Å². The molecule has 26 heavy (non-hydrogen) atoms. The van der Waals surface area contributed by atoms with Crippen molar-refractivity contribution in [2.75, 3.05) is 18.8 Å². The summed E-state index contributed by atoms with van der Waals surface area (Å²) in [6, 6.07) is 0. The zero-order valence-electron chi connectivity index (χ0n) is 15.6. The van der Waals surface area contributed by atoms with Crippen LogP contribution in [-0.4, -0.2) is 64.9 Å². The summed E-state index contributed by atoms with van der Waals surface area (Å²) in [5, 5.41) is 1.13. The monoisotopic (exact) mass is 408 g/mol. The molecule has 0 bridgehead atoms. The molecule has 1 rings (SSSR count). The molecule has 8 nitrogen and oxygen atoms in total. The summed E-state index contributed by atoms with van der Waals surface area (Å²) in [7, 11) is -4.53. The molecular formula is C16H28N2O6S2. The van der Waals surface area contributed by atoms with Crippen LogP contribution in [0.15, 0.2) is 0 Å². The summed E-state index contributed by atoms with van der Waals surface area (Å²) in [5.74, 6) is -1.27. The van der Waals surface area contributed by atoms with E-state index in [4.69, 9.17) is 0 Å². The number of rotatable bonds is 10. The molecule has 150 valence electrons. The maximum Gasteiger partial charge on any atom is 0.276 e. The molecule has 1 heterocycles. The summed E-state index contributed by atoms with van der Waals surface area (Å²) < 4.78 is 32.2. The number of hydrogen-bond donors (Lipinski definition) is 2. The Morgan fingerprint density at radius 1 is 1.31 bits per heavy atom. The van der Waals surface area contributed by atoms with Crippen molar-refractivity contribution >= 4 is 39.6 Å². The fourth-order valence-electron chi connectivity index (χ4n) is 2.70. The normalized spacial score (nSPS) is 19.5. The number of imide groups is 1. The van der Waals surface area contributed by atoms with Crippen LogP contribution in [0.4, 0.5) is 0 Å². The second kappa shape index (κ2) is 9.70. The van der Waals surface area contributed by atoms with Gasteiger partial charge < -0.3 is 5.32 Å². The lowest BCUT2D eigenvalue weighted by molar-refractivity contribution is -0.140. The van der Waals surface area contributed by atoms with Crippen LogP contribution >= 0.6 is 11.8 Å². The molecule has 0 aliphatic carbocycles. The van der Waals surface area contributed by atoms with Gasteiger partial charge in [-0.1, -0.05) is 27.7 Å². The fraction of sp³-hybridized carbons (Fsp3) is 0.812.